The standard InChI is InChI=1S/C18H20N6O/c1-2-8-24-9-7-13(11-24)19-16-14-6-4-3-5-12(14)10-15(20-16)17-21-18(25)23-22-17/h2-6,10,13H,1,7-9,11H2,(H,19,20)(H2,21,22,23,25)/t13-/m0/s1. The number of hydrogen-bond donors (Lipinski definition) is 3. The third-order valence-electron chi connectivity index (χ3n) is 4.48. The topological polar surface area (TPSA) is 89.7 Å². The summed E-state index contributed by atoms with van der Waals surface area (Å²) in [6.07, 6.45) is 3.00. The quantitative estimate of drug-likeness (QED) is 0.620. The van der Waals surface area contributed by atoms with Gasteiger partial charge in [-0.3, -0.25) is 9.88 Å². The van der Waals surface area contributed by atoms with Crippen molar-refractivity contribution in [2.75, 3.05) is 25.0 Å². The fraction of sp³-hybridized carbons (Fsp3) is 0.278. The zero-order chi connectivity index (χ0) is 17.2. The van der Waals surface area contributed by atoms with E-state index >= 15 is 0 Å². The molecule has 7 nitrogen and oxygen atoms in total. The Labute approximate surface area is 144 Å². The van der Waals surface area contributed by atoms with Crippen LogP contribution < -0.4 is 11.0 Å². The van der Waals surface area contributed by atoms with Crippen molar-refractivity contribution < 1.29 is 0 Å². The van der Waals surface area contributed by atoms with Gasteiger partial charge in [-0.25, -0.2) is 14.9 Å². The number of likely N-dealkylation sites (tertiary alicyclic amines) is 1. The Bertz CT molecular complexity index is 959. The Morgan fingerprint density at radius 3 is 3.08 bits per heavy atom. The molecule has 0 unspecified atom stereocenters. The lowest BCUT2D eigenvalue weighted by atomic mass is 10.1. The Kier molecular flexibility index (Phi) is 4.07. The first-order valence-electron chi connectivity index (χ1n) is 8.37. The van der Waals surface area contributed by atoms with Crippen LogP contribution in [-0.4, -0.2) is 50.7 Å². The van der Waals surface area contributed by atoms with E-state index < -0.39 is 0 Å². The number of hydrogen-bond acceptors (Lipinski definition) is 5. The first-order valence-corrected chi connectivity index (χ1v) is 8.37. The molecule has 0 aliphatic carbocycles. The van der Waals surface area contributed by atoms with Gasteiger partial charge in [0.2, 0.25) is 0 Å². The largest absolute Gasteiger partial charge is 0.365 e. The molecule has 2 aromatic heterocycles. The maximum atomic E-state index is 11.4. The monoisotopic (exact) mass is 336 g/mol. The molecular weight excluding hydrogens is 316 g/mol. The molecule has 1 aromatic carbocycles. The molecule has 1 fully saturated rings. The van der Waals surface area contributed by atoms with Gasteiger partial charge in [-0.1, -0.05) is 30.3 Å². The number of anilines is 1. The minimum absolute atomic E-state index is 0.337. The second-order valence-electron chi connectivity index (χ2n) is 6.28. The minimum atomic E-state index is -0.338. The van der Waals surface area contributed by atoms with Gasteiger partial charge in [0.15, 0.2) is 5.82 Å². The smallest absolute Gasteiger partial charge is 0.340 e. The van der Waals surface area contributed by atoms with E-state index in [1.54, 1.807) is 0 Å². The van der Waals surface area contributed by atoms with Crippen LogP contribution in [0.1, 0.15) is 6.42 Å². The summed E-state index contributed by atoms with van der Waals surface area (Å²) in [5.74, 6) is 1.26. The molecule has 1 saturated heterocycles. The van der Waals surface area contributed by atoms with Crippen LogP contribution in [0, 0.1) is 0 Å². The molecule has 0 radical (unpaired) electrons. The zero-order valence-corrected chi connectivity index (χ0v) is 13.8. The molecule has 3 heterocycles. The summed E-state index contributed by atoms with van der Waals surface area (Å²) >= 11 is 0. The van der Waals surface area contributed by atoms with E-state index in [4.69, 9.17) is 4.98 Å². The number of aromatic nitrogens is 4. The Morgan fingerprint density at radius 2 is 2.28 bits per heavy atom. The van der Waals surface area contributed by atoms with Gasteiger partial charge in [-0.15, -0.1) is 6.58 Å². The molecule has 0 saturated carbocycles. The van der Waals surface area contributed by atoms with Crippen LogP contribution in [0.5, 0.6) is 0 Å². The van der Waals surface area contributed by atoms with Gasteiger partial charge < -0.3 is 5.32 Å². The molecular formula is C18H20N6O. The second kappa shape index (κ2) is 6.52. The predicted octanol–water partition coefficient (Wildman–Crippen LogP) is 1.99. The molecule has 4 rings (SSSR count). The normalized spacial score (nSPS) is 17.8. The van der Waals surface area contributed by atoms with E-state index in [-0.39, 0.29) is 5.69 Å². The van der Waals surface area contributed by atoms with Crippen LogP contribution in [0.2, 0.25) is 0 Å². The number of nitrogens with one attached hydrogen (secondary N) is 3. The number of nitrogens with zero attached hydrogens (tertiary/aromatic N) is 3. The van der Waals surface area contributed by atoms with Gasteiger partial charge in [0.05, 0.1) is 0 Å². The SMILES string of the molecule is C=CCN1CC[C@H](Nc2nc(-c3n[nH]c(=O)[nH]3)cc3ccccc23)C1. The van der Waals surface area contributed by atoms with E-state index in [1.165, 1.54) is 0 Å². The lowest BCUT2D eigenvalue weighted by Crippen LogP contribution is -2.26. The van der Waals surface area contributed by atoms with Crippen molar-refractivity contribution in [3.8, 4) is 11.5 Å². The molecule has 7 heteroatoms. The molecule has 128 valence electrons. The van der Waals surface area contributed by atoms with E-state index in [9.17, 15) is 4.79 Å². The van der Waals surface area contributed by atoms with Crippen LogP contribution in [0.3, 0.4) is 0 Å². The highest BCUT2D eigenvalue weighted by molar-refractivity contribution is 5.94. The molecule has 3 aromatic rings. The lowest BCUT2D eigenvalue weighted by Gasteiger charge is -2.17. The zero-order valence-electron chi connectivity index (χ0n) is 13.8. The summed E-state index contributed by atoms with van der Waals surface area (Å²) < 4.78 is 0. The summed E-state index contributed by atoms with van der Waals surface area (Å²) in [5.41, 5.74) is 0.302. The third kappa shape index (κ3) is 3.18. The molecule has 3 N–H and O–H groups in total. The van der Waals surface area contributed by atoms with Gasteiger partial charge in [0.25, 0.3) is 0 Å². The Hall–Kier alpha value is -2.93. The molecule has 0 amide bonds. The van der Waals surface area contributed by atoms with Gasteiger partial charge in [0.1, 0.15) is 11.5 Å². The highest BCUT2D eigenvalue weighted by atomic mass is 16.1. The molecule has 1 aliphatic heterocycles. The van der Waals surface area contributed by atoms with E-state index in [1.807, 2.05) is 30.3 Å². The van der Waals surface area contributed by atoms with Crippen molar-refractivity contribution in [2.24, 2.45) is 0 Å². The first kappa shape index (κ1) is 15.6. The van der Waals surface area contributed by atoms with Crippen molar-refractivity contribution in [1.29, 1.82) is 0 Å². The summed E-state index contributed by atoms with van der Waals surface area (Å²) in [5, 5.41) is 12.1. The van der Waals surface area contributed by atoms with Crippen LogP contribution in [0.15, 0.2) is 47.8 Å². The van der Waals surface area contributed by atoms with Gasteiger partial charge in [-0.05, 0) is 17.9 Å². The van der Waals surface area contributed by atoms with E-state index in [0.717, 1.165) is 42.6 Å². The van der Waals surface area contributed by atoms with E-state index in [2.05, 4.69) is 38.0 Å². The fourth-order valence-corrected chi connectivity index (χ4v) is 3.31. The summed E-state index contributed by atoms with van der Waals surface area (Å²) in [6.45, 7) is 6.73. The number of pyridine rings is 1. The van der Waals surface area contributed by atoms with Crippen molar-refractivity contribution >= 4 is 16.6 Å². The highest BCUT2D eigenvalue weighted by Crippen LogP contribution is 2.27. The molecule has 1 aliphatic rings. The van der Waals surface area contributed by atoms with Gasteiger partial charge in [0, 0.05) is 31.1 Å². The highest BCUT2D eigenvalue weighted by Gasteiger charge is 2.22. The molecule has 25 heavy (non-hydrogen) atoms. The number of rotatable bonds is 5. The van der Waals surface area contributed by atoms with Crippen molar-refractivity contribution in [3.05, 3.63) is 53.5 Å². The summed E-state index contributed by atoms with van der Waals surface area (Å²) in [4.78, 5) is 21.1. The number of aromatic amines is 2. The molecule has 1 atom stereocenters. The van der Waals surface area contributed by atoms with Gasteiger partial charge >= 0.3 is 5.69 Å². The Balaban J connectivity index is 1.69. The number of benzene rings is 1. The predicted molar refractivity (Wildman–Crippen MR) is 98.6 cm³/mol. The van der Waals surface area contributed by atoms with Crippen molar-refractivity contribution in [2.45, 2.75) is 12.5 Å². The first-order chi connectivity index (χ1) is 12.2. The van der Waals surface area contributed by atoms with Crippen LogP contribution in [-0.2, 0) is 0 Å². The maximum absolute atomic E-state index is 11.4. The summed E-state index contributed by atoms with van der Waals surface area (Å²) in [6, 6.07) is 10.4. The molecule has 0 spiro atoms. The molecule has 0 bridgehead atoms. The summed E-state index contributed by atoms with van der Waals surface area (Å²) in [7, 11) is 0. The van der Waals surface area contributed by atoms with Crippen LogP contribution >= 0.6 is 0 Å². The Morgan fingerprint density at radius 1 is 1.40 bits per heavy atom. The third-order valence-corrected chi connectivity index (χ3v) is 4.48. The average molecular weight is 336 g/mol. The second-order valence-corrected chi connectivity index (χ2v) is 6.28. The van der Waals surface area contributed by atoms with Gasteiger partial charge in [-0.2, -0.15) is 5.10 Å². The van der Waals surface area contributed by atoms with Crippen LogP contribution in [0.25, 0.3) is 22.3 Å². The number of fused-ring (bicyclic) bond motifs is 1. The average Bonchev–Trinajstić information content (AvgIpc) is 3.24. The minimum Gasteiger partial charge on any atom is -0.365 e. The van der Waals surface area contributed by atoms with E-state index in [0.29, 0.717) is 17.6 Å². The van der Waals surface area contributed by atoms with Crippen molar-refractivity contribution in [1.82, 2.24) is 25.1 Å². The fourth-order valence-electron chi connectivity index (χ4n) is 3.31. The lowest BCUT2D eigenvalue weighted by molar-refractivity contribution is 0.374. The number of H-pyrrole nitrogens is 2. The van der Waals surface area contributed by atoms with Crippen LogP contribution in [0.4, 0.5) is 5.82 Å². The maximum Gasteiger partial charge on any atom is 0.340 e. The van der Waals surface area contributed by atoms with Crippen molar-refractivity contribution in [3.63, 3.8) is 0 Å².